The summed E-state index contributed by atoms with van der Waals surface area (Å²) in [4.78, 5) is 16.8. The molecule has 0 spiro atoms. The van der Waals surface area contributed by atoms with Gasteiger partial charge in [0.2, 0.25) is 0 Å². The molecule has 1 aromatic heterocycles. The van der Waals surface area contributed by atoms with E-state index in [0.29, 0.717) is 32.4 Å². The minimum absolute atomic E-state index is 0.227. The van der Waals surface area contributed by atoms with Crippen LogP contribution in [0, 0.1) is 0 Å². The maximum absolute atomic E-state index is 12.6. The molecule has 106 valence electrons. The second-order valence-electron chi connectivity index (χ2n) is 4.40. The highest BCUT2D eigenvalue weighted by Crippen LogP contribution is 2.24. The molecule has 0 amide bonds. The van der Waals surface area contributed by atoms with Crippen LogP contribution >= 0.6 is 23.2 Å². The molecular weight excluding hydrogens is 311 g/mol. The first-order valence-electron chi connectivity index (χ1n) is 6.11. The van der Waals surface area contributed by atoms with Crippen LogP contribution in [0.1, 0.15) is 0 Å². The lowest BCUT2D eigenvalue weighted by Gasteiger charge is -2.08. The molecule has 21 heavy (non-hydrogen) atoms. The van der Waals surface area contributed by atoms with Crippen molar-refractivity contribution in [1.29, 1.82) is 0 Å². The Balaban J connectivity index is 2.24. The Kier molecular flexibility index (Phi) is 3.57. The van der Waals surface area contributed by atoms with E-state index in [-0.39, 0.29) is 5.56 Å². The topological polar surface area (TPSA) is 44.1 Å². The molecule has 4 nitrogen and oxygen atoms in total. The van der Waals surface area contributed by atoms with Crippen molar-refractivity contribution in [3.8, 4) is 11.4 Å². The monoisotopic (exact) mass is 320 g/mol. The Morgan fingerprint density at radius 1 is 1.14 bits per heavy atom. The number of ether oxygens (including phenoxy) is 1. The van der Waals surface area contributed by atoms with Crippen LogP contribution in [0.3, 0.4) is 0 Å². The van der Waals surface area contributed by atoms with Crippen molar-refractivity contribution < 1.29 is 4.74 Å². The van der Waals surface area contributed by atoms with Crippen LogP contribution in [0.25, 0.3) is 16.6 Å². The Labute approximate surface area is 130 Å². The van der Waals surface area contributed by atoms with Gasteiger partial charge < -0.3 is 4.74 Å². The number of aromatic nitrogens is 2. The van der Waals surface area contributed by atoms with Crippen molar-refractivity contribution in [2.24, 2.45) is 0 Å². The number of rotatable bonds is 2. The van der Waals surface area contributed by atoms with Crippen molar-refractivity contribution in [3.05, 3.63) is 63.1 Å². The predicted octanol–water partition coefficient (Wildman–Crippen LogP) is 3.70. The molecule has 0 aliphatic carbocycles. The second kappa shape index (κ2) is 5.39. The van der Waals surface area contributed by atoms with E-state index in [0.717, 1.165) is 0 Å². The van der Waals surface area contributed by atoms with Gasteiger partial charge in [0.15, 0.2) is 0 Å². The minimum atomic E-state index is -0.227. The summed E-state index contributed by atoms with van der Waals surface area (Å²) in [6.45, 7) is 0. The van der Waals surface area contributed by atoms with Gasteiger partial charge in [-0.25, -0.2) is 4.98 Å². The third-order valence-electron chi connectivity index (χ3n) is 3.13. The molecule has 6 heteroatoms. The third-order valence-corrected chi connectivity index (χ3v) is 3.64. The van der Waals surface area contributed by atoms with E-state index in [4.69, 9.17) is 27.9 Å². The molecule has 0 saturated heterocycles. The van der Waals surface area contributed by atoms with E-state index < -0.39 is 0 Å². The molecule has 0 bridgehead atoms. The van der Waals surface area contributed by atoms with Gasteiger partial charge in [-0.2, -0.15) is 0 Å². The molecule has 0 unspecified atom stereocenters. The summed E-state index contributed by atoms with van der Waals surface area (Å²) in [5.41, 5.74) is 0.900. The SMILES string of the molecule is COc1ccc(-n2cnc3c(Cl)cc(Cl)cc3c2=O)cc1. The quantitative estimate of drug-likeness (QED) is 0.723. The highest BCUT2D eigenvalue weighted by atomic mass is 35.5. The number of hydrogen-bond donors (Lipinski definition) is 0. The van der Waals surface area contributed by atoms with Crippen LogP contribution in [0.5, 0.6) is 5.75 Å². The molecule has 3 rings (SSSR count). The van der Waals surface area contributed by atoms with E-state index in [2.05, 4.69) is 4.98 Å². The molecule has 0 atom stereocenters. The molecular formula is C15H10Cl2N2O2. The fraction of sp³-hybridized carbons (Fsp3) is 0.0667. The number of methoxy groups -OCH3 is 1. The van der Waals surface area contributed by atoms with Gasteiger partial charge in [-0.15, -0.1) is 0 Å². The van der Waals surface area contributed by atoms with Gasteiger partial charge in [-0.1, -0.05) is 23.2 Å². The van der Waals surface area contributed by atoms with Crippen LogP contribution in [-0.4, -0.2) is 16.7 Å². The van der Waals surface area contributed by atoms with Gasteiger partial charge >= 0.3 is 0 Å². The van der Waals surface area contributed by atoms with Crippen LogP contribution in [0.15, 0.2) is 47.5 Å². The number of benzene rings is 2. The largest absolute Gasteiger partial charge is 0.497 e. The number of nitrogens with zero attached hydrogens (tertiary/aromatic N) is 2. The van der Waals surface area contributed by atoms with Gasteiger partial charge in [0.1, 0.15) is 12.1 Å². The van der Waals surface area contributed by atoms with Crippen molar-refractivity contribution in [1.82, 2.24) is 9.55 Å². The van der Waals surface area contributed by atoms with Crippen LogP contribution in [-0.2, 0) is 0 Å². The van der Waals surface area contributed by atoms with E-state index in [1.165, 1.54) is 10.9 Å². The first-order valence-corrected chi connectivity index (χ1v) is 6.86. The number of halogens is 2. The maximum Gasteiger partial charge on any atom is 0.265 e. The van der Waals surface area contributed by atoms with Crippen LogP contribution in [0.4, 0.5) is 0 Å². The molecule has 0 radical (unpaired) electrons. The van der Waals surface area contributed by atoms with Gasteiger partial charge in [0, 0.05) is 5.02 Å². The summed E-state index contributed by atoms with van der Waals surface area (Å²) < 4.78 is 6.54. The van der Waals surface area contributed by atoms with E-state index in [1.54, 1.807) is 43.5 Å². The maximum atomic E-state index is 12.6. The van der Waals surface area contributed by atoms with E-state index >= 15 is 0 Å². The minimum Gasteiger partial charge on any atom is -0.497 e. The first kappa shape index (κ1) is 13.9. The smallest absolute Gasteiger partial charge is 0.265 e. The summed E-state index contributed by atoms with van der Waals surface area (Å²) in [5, 5.41) is 1.14. The summed E-state index contributed by atoms with van der Waals surface area (Å²) in [7, 11) is 1.59. The van der Waals surface area contributed by atoms with E-state index in [1.807, 2.05) is 0 Å². The average molecular weight is 321 g/mol. The zero-order chi connectivity index (χ0) is 15.0. The predicted molar refractivity (Wildman–Crippen MR) is 83.9 cm³/mol. The molecule has 0 fully saturated rings. The molecule has 0 aliphatic rings. The Bertz CT molecular complexity index is 873. The Morgan fingerprint density at radius 3 is 2.52 bits per heavy atom. The lowest BCUT2D eigenvalue weighted by atomic mass is 10.2. The zero-order valence-electron chi connectivity index (χ0n) is 11.0. The molecule has 2 aromatic carbocycles. The lowest BCUT2D eigenvalue weighted by molar-refractivity contribution is 0.414. The van der Waals surface area contributed by atoms with Gasteiger partial charge in [-0.3, -0.25) is 9.36 Å². The normalized spacial score (nSPS) is 10.8. The molecule has 0 aliphatic heterocycles. The number of hydrogen-bond acceptors (Lipinski definition) is 3. The highest BCUT2D eigenvalue weighted by molar-refractivity contribution is 6.38. The van der Waals surface area contributed by atoms with Crippen LogP contribution < -0.4 is 10.3 Å². The van der Waals surface area contributed by atoms with Gasteiger partial charge in [0.05, 0.1) is 28.7 Å². The average Bonchev–Trinajstić information content (AvgIpc) is 2.48. The third kappa shape index (κ3) is 2.48. The highest BCUT2D eigenvalue weighted by Gasteiger charge is 2.10. The fourth-order valence-electron chi connectivity index (χ4n) is 2.08. The fourth-order valence-corrected chi connectivity index (χ4v) is 2.63. The summed E-state index contributed by atoms with van der Waals surface area (Å²) in [6.07, 6.45) is 1.45. The van der Waals surface area contributed by atoms with Gasteiger partial charge in [-0.05, 0) is 36.4 Å². The van der Waals surface area contributed by atoms with Crippen LogP contribution in [0.2, 0.25) is 10.0 Å². The number of fused-ring (bicyclic) bond motifs is 1. The Morgan fingerprint density at radius 2 is 1.86 bits per heavy atom. The van der Waals surface area contributed by atoms with Crippen molar-refractivity contribution in [2.75, 3.05) is 7.11 Å². The molecule has 0 N–H and O–H groups in total. The van der Waals surface area contributed by atoms with Crippen molar-refractivity contribution in [2.45, 2.75) is 0 Å². The molecule has 3 aromatic rings. The van der Waals surface area contributed by atoms with Crippen molar-refractivity contribution in [3.63, 3.8) is 0 Å². The molecule has 0 saturated carbocycles. The molecule has 1 heterocycles. The summed E-state index contributed by atoms with van der Waals surface area (Å²) in [5.74, 6) is 0.714. The van der Waals surface area contributed by atoms with E-state index in [9.17, 15) is 4.79 Å². The Hall–Kier alpha value is -2.04. The first-order chi connectivity index (χ1) is 10.1. The zero-order valence-corrected chi connectivity index (χ0v) is 12.5. The van der Waals surface area contributed by atoms with Gasteiger partial charge in [0.25, 0.3) is 5.56 Å². The second-order valence-corrected chi connectivity index (χ2v) is 5.25. The summed E-state index contributed by atoms with van der Waals surface area (Å²) in [6, 6.07) is 10.2. The standard InChI is InChI=1S/C15H10Cl2N2O2/c1-21-11-4-2-10(3-5-11)19-8-18-14-12(15(19)20)6-9(16)7-13(14)17/h2-8H,1H3. The summed E-state index contributed by atoms with van der Waals surface area (Å²) >= 11 is 12.0. The lowest BCUT2D eigenvalue weighted by Crippen LogP contribution is -2.18. The van der Waals surface area contributed by atoms with Crippen molar-refractivity contribution >= 4 is 34.1 Å².